The van der Waals surface area contributed by atoms with Crippen molar-refractivity contribution in [3.8, 4) is 135 Å². The minimum Gasteiger partial charge on any atom is -0.309 e. The number of rotatable bonds is 15. The highest BCUT2D eigenvalue weighted by atomic mass is 15.2. The minimum absolute atomic E-state index is 0.569. The summed E-state index contributed by atoms with van der Waals surface area (Å²) in [6.07, 6.45) is 5.65. The molecule has 12 heteroatoms. The molecule has 0 fully saturated rings. The van der Waals surface area contributed by atoms with E-state index in [0.717, 1.165) is 149 Å². The van der Waals surface area contributed by atoms with Crippen molar-refractivity contribution < 1.29 is 0 Å². The summed E-state index contributed by atoms with van der Waals surface area (Å²) in [4.78, 5) is 29.9. The highest BCUT2D eigenvalue weighted by Crippen LogP contribution is 2.48. The van der Waals surface area contributed by atoms with Crippen LogP contribution in [0.3, 0.4) is 0 Å². The van der Waals surface area contributed by atoms with Gasteiger partial charge in [0.15, 0.2) is 11.6 Å². The first-order chi connectivity index (χ1) is 74.4. The van der Waals surface area contributed by atoms with Crippen LogP contribution in [0.2, 0.25) is 0 Å². The fraction of sp³-hybridized carbons (Fsp3) is 0. The topological polar surface area (TPSA) is 107 Å². The van der Waals surface area contributed by atoms with Crippen LogP contribution >= 0.6 is 0 Å². The first kappa shape index (κ1) is 87.5. The lowest BCUT2D eigenvalue weighted by atomic mass is 10.0. The van der Waals surface area contributed by atoms with Gasteiger partial charge in [-0.15, -0.1) is 0 Å². The second kappa shape index (κ2) is 37.1. The van der Waals surface area contributed by atoms with Gasteiger partial charge in [0.05, 0.1) is 82.8 Å². The molecule has 0 saturated heterocycles. The monoisotopic (exact) mass is 1910 g/mol. The minimum atomic E-state index is 0.569. The van der Waals surface area contributed by atoms with E-state index in [-0.39, 0.29) is 0 Å². The molecular formula is C138H90N12. The van der Waals surface area contributed by atoms with Gasteiger partial charge in [-0.3, -0.25) is 19.5 Å². The molecule has 30 rings (SSSR count). The molecule has 0 aliphatic heterocycles. The Kier molecular flexibility index (Phi) is 21.6. The van der Waals surface area contributed by atoms with Gasteiger partial charge in [0.25, 0.3) is 0 Å². The van der Waals surface area contributed by atoms with E-state index in [1.807, 2.05) is 104 Å². The summed E-state index contributed by atoms with van der Waals surface area (Å²) < 4.78 is 14.1. The van der Waals surface area contributed by atoms with Gasteiger partial charge in [-0.25, -0.2) is 4.98 Å². The van der Waals surface area contributed by atoms with Gasteiger partial charge in [0, 0.05) is 123 Å². The van der Waals surface area contributed by atoms with Crippen LogP contribution in [0.25, 0.3) is 266 Å². The highest BCUT2D eigenvalue weighted by molar-refractivity contribution is 6.19. The van der Waals surface area contributed by atoms with Gasteiger partial charge in [0.1, 0.15) is 0 Å². The first-order valence-electron chi connectivity index (χ1n) is 50.8. The third kappa shape index (κ3) is 15.2. The summed E-state index contributed by atoms with van der Waals surface area (Å²) in [7, 11) is 0. The Bertz CT molecular complexity index is 10400. The Labute approximate surface area is 863 Å². The van der Waals surface area contributed by atoms with E-state index in [2.05, 4.69) is 470 Å². The molecule has 0 saturated carbocycles. The molecule has 0 bridgehead atoms. The summed E-state index contributed by atoms with van der Waals surface area (Å²) in [6, 6.07) is 188. The van der Waals surface area contributed by atoms with Crippen LogP contribution in [-0.2, 0) is 0 Å². The van der Waals surface area contributed by atoms with Crippen molar-refractivity contribution in [3.05, 3.63) is 546 Å². The van der Waals surface area contributed by atoms with E-state index in [1.54, 1.807) is 0 Å². The lowest BCUT2D eigenvalue weighted by molar-refractivity contribution is 0.954. The quantitative estimate of drug-likeness (QED) is 0.101. The van der Waals surface area contributed by atoms with Crippen molar-refractivity contribution in [3.63, 3.8) is 0 Å². The number of aromatic nitrogens is 12. The second-order valence-corrected chi connectivity index (χ2v) is 38.0. The van der Waals surface area contributed by atoms with Crippen LogP contribution < -0.4 is 0 Å². The molecule has 0 radical (unpaired) electrons. The Morgan fingerprint density at radius 2 is 0.387 bits per heavy atom. The zero-order valence-corrected chi connectivity index (χ0v) is 81.3. The normalized spacial score (nSPS) is 11.6. The molecule has 0 unspecified atom stereocenters. The smallest absolute Gasteiger partial charge is 0.238 e. The fourth-order valence-corrected chi connectivity index (χ4v) is 22.6. The molecule has 0 amide bonds. The highest BCUT2D eigenvalue weighted by Gasteiger charge is 2.27. The predicted molar refractivity (Wildman–Crippen MR) is 621 cm³/mol. The molecule has 0 aliphatic rings. The third-order valence-electron chi connectivity index (χ3n) is 29.3. The Morgan fingerprint density at radius 1 is 0.133 bits per heavy atom. The van der Waals surface area contributed by atoms with E-state index >= 15 is 0 Å². The van der Waals surface area contributed by atoms with Crippen LogP contribution in [0.4, 0.5) is 0 Å². The van der Waals surface area contributed by atoms with Crippen molar-refractivity contribution in [2.24, 2.45) is 0 Å². The van der Waals surface area contributed by atoms with E-state index < -0.39 is 0 Å². The van der Waals surface area contributed by atoms with Crippen molar-refractivity contribution in [2.45, 2.75) is 0 Å². The largest absolute Gasteiger partial charge is 0.309 e. The molecule has 702 valence electrons. The van der Waals surface area contributed by atoms with Gasteiger partial charge in [-0.1, -0.05) is 376 Å². The predicted octanol–water partition coefficient (Wildman–Crippen LogP) is 35.0. The zero-order chi connectivity index (χ0) is 99.1. The molecule has 20 aromatic carbocycles. The number of para-hydroxylation sites is 7. The molecule has 0 aliphatic carbocycles. The summed E-state index contributed by atoms with van der Waals surface area (Å²) in [5.41, 5.74) is 40.4. The first-order valence-corrected chi connectivity index (χ1v) is 50.8. The lowest BCUT2D eigenvalue weighted by Crippen LogP contribution is -2.07. The van der Waals surface area contributed by atoms with Crippen molar-refractivity contribution in [1.29, 1.82) is 0 Å². The van der Waals surface area contributed by atoms with Gasteiger partial charge < -0.3 is 22.8 Å². The molecule has 150 heavy (non-hydrogen) atoms. The zero-order valence-electron chi connectivity index (χ0n) is 81.3. The molecule has 30 aromatic rings. The Morgan fingerprint density at radius 3 is 0.753 bits per heavy atom. The van der Waals surface area contributed by atoms with E-state index in [4.69, 9.17) is 29.9 Å². The molecule has 12 nitrogen and oxygen atoms in total. The molecule has 0 atom stereocenters. The maximum absolute atomic E-state index is 5.17. The van der Waals surface area contributed by atoms with Crippen molar-refractivity contribution >= 4 is 131 Å². The molecule has 10 heterocycles. The lowest BCUT2D eigenvalue weighted by Gasteiger charge is -2.14. The van der Waals surface area contributed by atoms with Crippen molar-refractivity contribution in [2.75, 3.05) is 0 Å². The van der Waals surface area contributed by atoms with Gasteiger partial charge in [0.2, 0.25) is 5.95 Å². The van der Waals surface area contributed by atoms with E-state index in [0.29, 0.717) is 17.6 Å². The summed E-state index contributed by atoms with van der Waals surface area (Å²) in [5.74, 6) is 1.82. The third-order valence-corrected chi connectivity index (χ3v) is 29.3. The fourth-order valence-electron chi connectivity index (χ4n) is 22.6. The second-order valence-electron chi connectivity index (χ2n) is 38.0. The summed E-state index contributed by atoms with van der Waals surface area (Å²) in [6.45, 7) is 0. The number of hydrogen-bond acceptors (Lipinski definition) is 6. The van der Waals surface area contributed by atoms with Crippen LogP contribution in [0.5, 0.6) is 0 Å². The number of fused-ring (bicyclic) bond motifs is 18. The van der Waals surface area contributed by atoms with E-state index in [1.165, 1.54) is 99.2 Å². The van der Waals surface area contributed by atoms with Crippen LogP contribution in [0, 0.1) is 0 Å². The number of pyridine rings is 3. The van der Waals surface area contributed by atoms with Gasteiger partial charge >= 0.3 is 0 Å². The van der Waals surface area contributed by atoms with E-state index in [9.17, 15) is 0 Å². The van der Waals surface area contributed by atoms with Gasteiger partial charge in [-0.05, 0) is 213 Å². The average Bonchev–Trinajstić information content (AvgIpc) is 1.57. The molecule has 0 N–H and O–H groups in total. The summed E-state index contributed by atoms with van der Waals surface area (Å²) >= 11 is 0. The number of hydrogen-bond donors (Lipinski definition) is 0. The number of benzene rings is 20. The van der Waals surface area contributed by atoms with Crippen LogP contribution in [0.15, 0.2) is 546 Å². The number of nitrogens with zero attached hydrogens (tertiary/aromatic N) is 12. The maximum atomic E-state index is 5.17. The molecule has 0 spiro atoms. The molecule has 10 aromatic heterocycles. The Hall–Kier alpha value is -20.3. The average molecular weight is 1920 g/mol. The van der Waals surface area contributed by atoms with Crippen LogP contribution in [-0.4, -0.2) is 57.3 Å². The summed E-state index contributed by atoms with van der Waals surface area (Å²) in [5, 5.41) is 10.6. The maximum Gasteiger partial charge on any atom is 0.238 e. The van der Waals surface area contributed by atoms with Crippen molar-refractivity contribution in [1.82, 2.24) is 57.3 Å². The van der Waals surface area contributed by atoms with Gasteiger partial charge in [-0.2, -0.15) is 9.97 Å². The standard InChI is InChI=1S/2C47H31N3.C44H28N6/c1-3-13-32(14-4-1)34-17-9-19-37(29-34)49-44-25-12-28-48-46(44)42-27-26-36(31-45(42)49)39-22-11-23-41-40-21-7-8-24-43(40)50(47(39)41)38-20-10-18-35(30-38)33-15-5-2-6-16-33;1-3-12-32(13-4-1)34-23-26-37(27-24-34)49-44-22-11-29-48-46(44)42-28-25-36(31-45(42)49)39-19-10-20-41-40-18-7-8-21-43(40)50(47(39)41)38-17-9-16-35(30-38)33-14-5-2-6-15-33;1-4-14-29(15-5-1)42-46-43(30-16-6-2-7-17-30)48-44(47-42)50-37-23-11-10-20-34(37)35-22-12-21-33(41(35)50)31-25-26-36-39(28-31)49(32-18-8-3-9-19-32)38-24-13-27-45-40(36)38/h2*1-31H;1-28H. The molecular weight excluding hydrogens is 1830 g/mol. The van der Waals surface area contributed by atoms with Crippen LogP contribution in [0.1, 0.15) is 0 Å². The SMILES string of the molecule is c1ccc(-c2ccc(-n3c4cc(-c5cccc6c7ccccc7n(-c7cccc(-c8ccccc8)c7)c56)ccc4c4ncccc43)cc2)cc1.c1ccc(-c2cccc(-n3c4cc(-c5cccc6c7ccccc7n(-c7cccc(-c8ccccc8)c7)c56)ccc4c4ncccc43)c2)cc1.c1ccc(-c2nc(-c3ccccc3)nc(-n3c4ccccc4c4cccc(-c5ccc6c7ncccc7n(-c7ccccc7)c6c5)c43)n2)cc1. The Balaban J connectivity index is 0.000000108.